The van der Waals surface area contributed by atoms with Crippen molar-refractivity contribution < 1.29 is 19.4 Å². The molecule has 0 aliphatic carbocycles. The molecule has 1 fully saturated rings. The van der Waals surface area contributed by atoms with Gasteiger partial charge in [-0.1, -0.05) is 13.3 Å². The number of ether oxygens (including phenoxy) is 1. The molecule has 0 bridgehead atoms. The summed E-state index contributed by atoms with van der Waals surface area (Å²) in [6, 6.07) is 0. The first-order chi connectivity index (χ1) is 9.05. The molecule has 6 heteroatoms. The fourth-order valence-corrected chi connectivity index (χ4v) is 2.57. The molecule has 1 rings (SSSR count). The van der Waals surface area contributed by atoms with Gasteiger partial charge in [-0.3, -0.25) is 4.79 Å². The van der Waals surface area contributed by atoms with Gasteiger partial charge in [0, 0.05) is 0 Å². The first kappa shape index (κ1) is 15.9. The number of nitrogens with one attached hydrogen (secondary N) is 2. The second-order valence-corrected chi connectivity index (χ2v) is 5.03. The van der Waals surface area contributed by atoms with Crippen molar-refractivity contribution in [2.45, 2.75) is 38.7 Å². The van der Waals surface area contributed by atoms with Crippen LogP contribution in [-0.2, 0) is 14.3 Å². The summed E-state index contributed by atoms with van der Waals surface area (Å²) in [4.78, 5) is 23.4. The van der Waals surface area contributed by atoms with Crippen LogP contribution in [0.15, 0.2) is 0 Å². The number of amides is 1. The molecule has 0 spiro atoms. The Hall–Kier alpha value is -1.14. The van der Waals surface area contributed by atoms with Gasteiger partial charge in [-0.05, 0) is 32.4 Å². The lowest BCUT2D eigenvalue weighted by molar-refractivity contribution is -0.150. The number of esters is 1. The third-order valence-corrected chi connectivity index (χ3v) is 3.70. The van der Waals surface area contributed by atoms with Gasteiger partial charge in [0.15, 0.2) is 6.10 Å². The molecule has 3 N–H and O–H groups in total. The molecule has 1 aliphatic rings. The summed E-state index contributed by atoms with van der Waals surface area (Å²) in [7, 11) is 1.21. The van der Waals surface area contributed by atoms with Crippen LogP contribution in [0.3, 0.4) is 0 Å². The van der Waals surface area contributed by atoms with Crippen molar-refractivity contribution in [1.29, 1.82) is 0 Å². The normalized spacial score (nSPS) is 19.5. The molecule has 0 saturated carbocycles. The minimum absolute atomic E-state index is 0.0706. The summed E-state index contributed by atoms with van der Waals surface area (Å²) in [6.45, 7) is 3.62. The topological polar surface area (TPSA) is 87.7 Å². The van der Waals surface area contributed by atoms with Crippen LogP contribution in [-0.4, -0.2) is 49.8 Å². The molecule has 1 atom stereocenters. The van der Waals surface area contributed by atoms with Crippen LogP contribution in [0.25, 0.3) is 0 Å². The zero-order valence-corrected chi connectivity index (χ0v) is 11.7. The van der Waals surface area contributed by atoms with E-state index in [1.807, 2.05) is 0 Å². The van der Waals surface area contributed by atoms with E-state index in [-0.39, 0.29) is 17.9 Å². The van der Waals surface area contributed by atoms with Crippen molar-refractivity contribution in [2.24, 2.45) is 5.41 Å². The highest BCUT2D eigenvalue weighted by Crippen LogP contribution is 2.34. The van der Waals surface area contributed by atoms with Crippen molar-refractivity contribution in [3.05, 3.63) is 0 Å². The van der Waals surface area contributed by atoms with Crippen LogP contribution in [0.1, 0.15) is 32.6 Å². The maximum atomic E-state index is 12.3. The number of carbonyl (C=O) groups excluding carboxylic acids is 2. The van der Waals surface area contributed by atoms with Crippen molar-refractivity contribution in [1.82, 2.24) is 10.6 Å². The number of carbonyl (C=O) groups is 2. The quantitative estimate of drug-likeness (QED) is 0.583. The highest BCUT2D eigenvalue weighted by atomic mass is 16.5. The molecule has 1 amide bonds. The van der Waals surface area contributed by atoms with Gasteiger partial charge in [0.25, 0.3) is 0 Å². The predicted octanol–water partition coefficient (Wildman–Crippen LogP) is -0.194. The molecule has 1 heterocycles. The fraction of sp³-hybridized carbons (Fsp3) is 0.846. The van der Waals surface area contributed by atoms with E-state index < -0.39 is 12.1 Å². The average molecular weight is 272 g/mol. The van der Waals surface area contributed by atoms with Gasteiger partial charge in [0.05, 0.1) is 19.1 Å². The van der Waals surface area contributed by atoms with Gasteiger partial charge in [-0.2, -0.15) is 0 Å². The molecule has 0 radical (unpaired) electrons. The molecule has 0 aromatic carbocycles. The summed E-state index contributed by atoms with van der Waals surface area (Å²) in [5.41, 5.74) is -0.365. The molecular formula is C13H24N2O4. The van der Waals surface area contributed by atoms with Crippen molar-refractivity contribution >= 4 is 11.9 Å². The standard InChI is InChI=1S/C13H24N2O4/c1-3-4-13(5-7-14-8-6-13)12(18)15-9-10(16)11(17)19-2/h10,14,16H,3-9H2,1-2H3,(H,15,18). The van der Waals surface area contributed by atoms with Crippen molar-refractivity contribution in [3.63, 3.8) is 0 Å². The van der Waals surface area contributed by atoms with E-state index in [9.17, 15) is 14.7 Å². The van der Waals surface area contributed by atoms with E-state index in [2.05, 4.69) is 22.3 Å². The van der Waals surface area contributed by atoms with Crippen LogP contribution in [0.2, 0.25) is 0 Å². The SMILES string of the molecule is CCCC1(C(=O)NCC(O)C(=O)OC)CCNCC1. The van der Waals surface area contributed by atoms with Gasteiger partial charge in [-0.15, -0.1) is 0 Å². The van der Waals surface area contributed by atoms with E-state index >= 15 is 0 Å². The Kier molecular flexibility index (Phi) is 6.24. The Balaban J connectivity index is 2.55. The van der Waals surface area contributed by atoms with Gasteiger partial charge in [0.2, 0.25) is 5.91 Å². The number of rotatable bonds is 6. The van der Waals surface area contributed by atoms with Crippen LogP contribution in [0.4, 0.5) is 0 Å². The zero-order valence-electron chi connectivity index (χ0n) is 11.7. The smallest absolute Gasteiger partial charge is 0.336 e. The van der Waals surface area contributed by atoms with Crippen LogP contribution < -0.4 is 10.6 Å². The van der Waals surface area contributed by atoms with E-state index in [0.717, 1.165) is 38.8 Å². The summed E-state index contributed by atoms with van der Waals surface area (Å²) in [5.74, 6) is -0.797. The van der Waals surface area contributed by atoms with Crippen molar-refractivity contribution in [2.75, 3.05) is 26.7 Å². The lowest BCUT2D eigenvalue weighted by Gasteiger charge is -2.36. The summed E-state index contributed by atoms with van der Waals surface area (Å²) < 4.78 is 4.41. The third kappa shape index (κ3) is 4.18. The summed E-state index contributed by atoms with van der Waals surface area (Å²) >= 11 is 0. The molecule has 1 unspecified atom stereocenters. The molecule has 1 aliphatic heterocycles. The minimum Gasteiger partial charge on any atom is -0.467 e. The first-order valence-corrected chi connectivity index (χ1v) is 6.80. The predicted molar refractivity (Wildman–Crippen MR) is 70.5 cm³/mol. The van der Waals surface area contributed by atoms with Crippen molar-refractivity contribution in [3.8, 4) is 0 Å². The van der Waals surface area contributed by atoms with Gasteiger partial charge < -0.3 is 20.5 Å². The second-order valence-electron chi connectivity index (χ2n) is 5.03. The zero-order chi connectivity index (χ0) is 14.3. The molecule has 110 valence electrons. The molecule has 1 saturated heterocycles. The highest BCUT2D eigenvalue weighted by Gasteiger charge is 2.38. The minimum atomic E-state index is -1.30. The van der Waals surface area contributed by atoms with E-state index in [1.165, 1.54) is 7.11 Å². The second kappa shape index (κ2) is 7.45. The lowest BCUT2D eigenvalue weighted by Crippen LogP contribution is -2.49. The number of hydrogen-bond donors (Lipinski definition) is 3. The molecular weight excluding hydrogens is 248 g/mol. The van der Waals surface area contributed by atoms with E-state index in [1.54, 1.807) is 0 Å². The Morgan fingerprint density at radius 3 is 2.58 bits per heavy atom. The number of aliphatic hydroxyl groups excluding tert-OH is 1. The summed E-state index contributed by atoms with van der Waals surface area (Å²) in [6.07, 6.45) is 2.05. The lowest BCUT2D eigenvalue weighted by atomic mass is 9.74. The Labute approximate surface area is 113 Å². The van der Waals surface area contributed by atoms with Crippen LogP contribution >= 0.6 is 0 Å². The fourth-order valence-electron chi connectivity index (χ4n) is 2.57. The first-order valence-electron chi connectivity index (χ1n) is 6.80. The Bertz CT molecular complexity index is 308. The Morgan fingerprint density at radius 1 is 1.42 bits per heavy atom. The van der Waals surface area contributed by atoms with Gasteiger partial charge in [0.1, 0.15) is 0 Å². The monoisotopic (exact) mass is 272 g/mol. The summed E-state index contributed by atoms with van der Waals surface area (Å²) in [5, 5.41) is 15.4. The number of aliphatic hydroxyl groups is 1. The van der Waals surface area contributed by atoms with Crippen LogP contribution in [0, 0.1) is 5.41 Å². The Morgan fingerprint density at radius 2 is 2.05 bits per heavy atom. The van der Waals surface area contributed by atoms with Gasteiger partial charge >= 0.3 is 5.97 Å². The molecule has 6 nitrogen and oxygen atoms in total. The van der Waals surface area contributed by atoms with Gasteiger partial charge in [-0.25, -0.2) is 4.79 Å². The third-order valence-electron chi connectivity index (χ3n) is 3.70. The van der Waals surface area contributed by atoms with E-state index in [4.69, 9.17) is 0 Å². The highest BCUT2D eigenvalue weighted by molar-refractivity contribution is 5.83. The molecule has 0 aromatic rings. The maximum absolute atomic E-state index is 12.3. The molecule has 0 aromatic heterocycles. The largest absolute Gasteiger partial charge is 0.467 e. The van der Waals surface area contributed by atoms with Crippen LogP contribution in [0.5, 0.6) is 0 Å². The number of piperidine rings is 1. The maximum Gasteiger partial charge on any atom is 0.336 e. The number of methoxy groups -OCH3 is 1. The number of hydrogen-bond acceptors (Lipinski definition) is 5. The molecule has 19 heavy (non-hydrogen) atoms. The average Bonchev–Trinajstić information content (AvgIpc) is 2.44. The van der Waals surface area contributed by atoms with E-state index in [0.29, 0.717) is 0 Å².